The van der Waals surface area contributed by atoms with Crippen molar-refractivity contribution in [2.45, 2.75) is 26.8 Å². The van der Waals surface area contributed by atoms with Gasteiger partial charge in [0, 0.05) is 21.1 Å². The summed E-state index contributed by atoms with van der Waals surface area (Å²) in [6, 6.07) is 6.03. The highest BCUT2D eigenvalue weighted by Gasteiger charge is 2.33. The molecule has 1 atom stereocenters. The molecule has 32 heavy (non-hydrogen) atoms. The molecule has 0 aliphatic carbocycles. The number of nitrogens with zero attached hydrogens (tertiary/aromatic N) is 4. The summed E-state index contributed by atoms with van der Waals surface area (Å²) in [7, 11) is 0.663. The van der Waals surface area contributed by atoms with Gasteiger partial charge in [0.2, 0.25) is 0 Å². The molecule has 1 aliphatic heterocycles. The van der Waals surface area contributed by atoms with E-state index in [1.807, 2.05) is 26.8 Å². The average molecular weight is 462 g/mol. The van der Waals surface area contributed by atoms with Crippen LogP contribution in [0.5, 0.6) is 5.75 Å². The molecular weight excluding hydrogens is 434 g/mol. The van der Waals surface area contributed by atoms with E-state index in [0.717, 1.165) is 5.56 Å². The average Bonchev–Trinajstić information content (AvgIpc) is 3.27. The quantitative estimate of drug-likeness (QED) is 0.704. The van der Waals surface area contributed by atoms with Crippen LogP contribution in [0.4, 0.5) is 5.69 Å². The van der Waals surface area contributed by atoms with Gasteiger partial charge in [-0.2, -0.15) is 8.42 Å². The molecule has 172 valence electrons. The summed E-state index contributed by atoms with van der Waals surface area (Å²) in [4.78, 5) is 19.7. The number of hydrogen-bond donors (Lipinski definition) is 2. The molecule has 0 bridgehead atoms. The Bertz CT molecular complexity index is 1200. The molecule has 10 nitrogen and oxygen atoms in total. The number of nitrogens with one attached hydrogen (secondary N) is 1. The largest absolute Gasteiger partial charge is 0.505 e. The molecule has 0 fully saturated rings. The van der Waals surface area contributed by atoms with E-state index in [2.05, 4.69) is 14.1 Å². The number of likely N-dealkylation sites (N-methyl/N-ethyl adjacent to an activating group) is 1. The van der Waals surface area contributed by atoms with Crippen LogP contribution in [0.1, 0.15) is 41.6 Å². The number of carbonyl (C=O) groups excluding carboxylic acids is 1. The van der Waals surface area contributed by atoms with Crippen molar-refractivity contribution in [3.63, 3.8) is 0 Å². The van der Waals surface area contributed by atoms with Gasteiger partial charge in [-0.3, -0.25) is 9.79 Å². The monoisotopic (exact) mass is 461 g/mol. The van der Waals surface area contributed by atoms with E-state index >= 15 is 0 Å². The summed E-state index contributed by atoms with van der Waals surface area (Å²) in [6.45, 7) is 5.78. The van der Waals surface area contributed by atoms with E-state index in [1.54, 1.807) is 32.5 Å². The maximum Gasteiger partial charge on any atom is 0.345 e. The standard InChI is InChI=1S/C21H27N5O5S/c1-12(2)17(16-10-13(3)11-31-16)22-19-20(24-32(29,30)23-19)26(6)15-9-7-8-14(18(15)27)21(28)25(4)5/h7-12,17,27H,1-6H3,(H,22,23)/t17-/m1/s1. The van der Waals surface area contributed by atoms with Crippen LogP contribution in [0.25, 0.3) is 0 Å². The fourth-order valence-electron chi connectivity index (χ4n) is 3.27. The molecule has 1 aliphatic rings. The minimum atomic E-state index is -4.02. The number of benzene rings is 1. The Kier molecular flexibility index (Phi) is 6.31. The number of aryl methyl sites for hydroxylation is 1. The fraction of sp³-hybridized carbons (Fsp3) is 0.381. The van der Waals surface area contributed by atoms with E-state index < -0.39 is 16.3 Å². The van der Waals surface area contributed by atoms with Crippen molar-refractivity contribution in [3.8, 4) is 5.75 Å². The van der Waals surface area contributed by atoms with Crippen LogP contribution in [0.3, 0.4) is 0 Å². The number of phenolic OH excluding ortho intramolecular Hbond substituents is 1. The normalized spacial score (nSPS) is 17.2. The first-order valence-electron chi connectivity index (χ1n) is 9.94. The fourth-order valence-corrected chi connectivity index (χ4v) is 4.14. The number of aromatic hydroxyl groups is 1. The summed E-state index contributed by atoms with van der Waals surface area (Å²) < 4.78 is 36.3. The first kappa shape index (κ1) is 23.3. The lowest BCUT2D eigenvalue weighted by molar-refractivity contribution is 0.0824. The maximum absolute atomic E-state index is 12.4. The number of amides is 1. The van der Waals surface area contributed by atoms with E-state index in [-0.39, 0.29) is 40.5 Å². The van der Waals surface area contributed by atoms with Crippen LogP contribution in [0.2, 0.25) is 0 Å². The molecule has 0 radical (unpaired) electrons. The van der Waals surface area contributed by atoms with E-state index in [9.17, 15) is 18.3 Å². The van der Waals surface area contributed by atoms with E-state index in [4.69, 9.17) is 4.42 Å². The molecule has 1 aromatic carbocycles. The third-order valence-electron chi connectivity index (χ3n) is 4.92. The number of phenols is 1. The Labute approximate surface area is 187 Å². The van der Waals surface area contributed by atoms with E-state index in [1.165, 1.54) is 22.9 Å². The summed E-state index contributed by atoms with van der Waals surface area (Å²) in [5.74, 6) is -0.0766. The molecule has 0 unspecified atom stereocenters. The molecule has 0 saturated carbocycles. The van der Waals surface area contributed by atoms with Crippen molar-refractivity contribution >= 4 is 33.5 Å². The lowest BCUT2D eigenvalue weighted by Crippen LogP contribution is -2.37. The minimum Gasteiger partial charge on any atom is -0.505 e. The Morgan fingerprint density at radius 2 is 1.94 bits per heavy atom. The first-order valence-corrected chi connectivity index (χ1v) is 11.4. The molecular formula is C21H27N5O5S. The molecule has 11 heteroatoms. The van der Waals surface area contributed by atoms with Gasteiger partial charge in [-0.25, -0.2) is 4.72 Å². The Morgan fingerprint density at radius 1 is 1.25 bits per heavy atom. The highest BCUT2D eigenvalue weighted by molar-refractivity contribution is 7.89. The number of aliphatic imine (C=N–C) groups is 1. The SMILES string of the molecule is Cc1coc([C@H](N=C2NS(=O)(=O)N=C2N(C)c2cccc(C(=O)N(C)C)c2O)C(C)C)c1. The van der Waals surface area contributed by atoms with Crippen LogP contribution in [0, 0.1) is 12.8 Å². The van der Waals surface area contributed by atoms with Gasteiger partial charge in [0.25, 0.3) is 5.91 Å². The van der Waals surface area contributed by atoms with Crippen LogP contribution in [-0.4, -0.2) is 57.1 Å². The lowest BCUT2D eigenvalue weighted by atomic mass is 10.0. The smallest absolute Gasteiger partial charge is 0.345 e. The maximum atomic E-state index is 12.4. The molecule has 1 amide bonds. The number of furan rings is 1. The van der Waals surface area contributed by atoms with Gasteiger partial charge in [-0.05, 0) is 36.6 Å². The van der Waals surface area contributed by atoms with Gasteiger partial charge >= 0.3 is 10.2 Å². The molecule has 2 aromatic rings. The number of anilines is 1. The second-order valence-electron chi connectivity index (χ2n) is 8.12. The third-order valence-corrected chi connectivity index (χ3v) is 5.78. The van der Waals surface area contributed by atoms with Crippen molar-refractivity contribution < 1.29 is 22.7 Å². The van der Waals surface area contributed by atoms with Gasteiger partial charge in [0.1, 0.15) is 11.8 Å². The summed E-state index contributed by atoms with van der Waals surface area (Å²) in [6.07, 6.45) is 1.61. The highest BCUT2D eigenvalue weighted by Crippen LogP contribution is 2.33. The molecule has 2 heterocycles. The van der Waals surface area contributed by atoms with Gasteiger partial charge in [0.15, 0.2) is 17.4 Å². The number of carbonyl (C=O) groups is 1. The zero-order chi connectivity index (χ0) is 23.8. The number of rotatable bonds is 5. The minimum absolute atomic E-state index is 0.000784. The second-order valence-corrected chi connectivity index (χ2v) is 9.45. The van der Waals surface area contributed by atoms with Gasteiger partial charge < -0.3 is 19.3 Å². The molecule has 2 N–H and O–H groups in total. The highest BCUT2D eigenvalue weighted by atomic mass is 32.2. The first-order chi connectivity index (χ1) is 14.9. The van der Waals surface area contributed by atoms with Crippen molar-refractivity contribution in [1.29, 1.82) is 0 Å². The van der Waals surface area contributed by atoms with Crippen molar-refractivity contribution in [2.75, 3.05) is 26.0 Å². The van der Waals surface area contributed by atoms with Crippen molar-refractivity contribution in [1.82, 2.24) is 9.62 Å². The predicted octanol–water partition coefficient (Wildman–Crippen LogP) is 2.47. The van der Waals surface area contributed by atoms with Crippen molar-refractivity contribution in [3.05, 3.63) is 47.4 Å². The van der Waals surface area contributed by atoms with Crippen LogP contribution in [-0.2, 0) is 10.2 Å². The van der Waals surface area contributed by atoms with Gasteiger partial charge in [-0.15, -0.1) is 4.40 Å². The Morgan fingerprint density at radius 3 is 2.50 bits per heavy atom. The number of para-hydroxylation sites is 1. The number of hydrogen-bond acceptors (Lipinski definition) is 7. The molecule has 0 saturated heterocycles. The molecule has 3 rings (SSSR count). The summed E-state index contributed by atoms with van der Waals surface area (Å²) in [5, 5.41) is 10.7. The zero-order valence-electron chi connectivity index (χ0n) is 18.8. The van der Waals surface area contributed by atoms with Crippen LogP contribution in [0.15, 0.2) is 44.3 Å². The zero-order valence-corrected chi connectivity index (χ0v) is 19.6. The predicted molar refractivity (Wildman–Crippen MR) is 122 cm³/mol. The Balaban J connectivity index is 2.06. The third kappa shape index (κ3) is 4.62. The van der Waals surface area contributed by atoms with Crippen molar-refractivity contribution in [2.24, 2.45) is 15.3 Å². The molecule has 1 aromatic heterocycles. The van der Waals surface area contributed by atoms with Gasteiger partial charge in [-0.1, -0.05) is 19.9 Å². The van der Waals surface area contributed by atoms with E-state index in [0.29, 0.717) is 5.76 Å². The number of amidine groups is 2. The molecule has 0 spiro atoms. The second kappa shape index (κ2) is 8.65. The lowest BCUT2D eigenvalue weighted by Gasteiger charge is -2.22. The topological polar surface area (TPSA) is 128 Å². The van der Waals surface area contributed by atoms with Gasteiger partial charge in [0.05, 0.1) is 17.5 Å². The Hall–Kier alpha value is -3.34. The van der Waals surface area contributed by atoms with Crippen LogP contribution < -0.4 is 9.62 Å². The summed E-state index contributed by atoms with van der Waals surface area (Å²) in [5.41, 5.74) is 1.22. The summed E-state index contributed by atoms with van der Waals surface area (Å²) >= 11 is 0. The van der Waals surface area contributed by atoms with Crippen LogP contribution >= 0.6 is 0 Å².